The van der Waals surface area contributed by atoms with Gasteiger partial charge in [0.1, 0.15) is 6.04 Å². The summed E-state index contributed by atoms with van der Waals surface area (Å²) < 4.78 is 1.99. The summed E-state index contributed by atoms with van der Waals surface area (Å²) >= 11 is 0. The summed E-state index contributed by atoms with van der Waals surface area (Å²) in [6.07, 6.45) is 2.08. The molecule has 1 aliphatic rings. The van der Waals surface area contributed by atoms with Crippen molar-refractivity contribution < 1.29 is 9.90 Å². The molecule has 2 heterocycles. The van der Waals surface area contributed by atoms with E-state index < -0.39 is 23.3 Å². The van der Waals surface area contributed by atoms with Crippen LogP contribution in [0.25, 0.3) is 0 Å². The summed E-state index contributed by atoms with van der Waals surface area (Å²) in [5, 5.41) is 13.1. The van der Waals surface area contributed by atoms with E-state index >= 15 is 0 Å². The highest BCUT2D eigenvalue weighted by Crippen LogP contribution is 2.20. The Labute approximate surface area is 108 Å². The van der Waals surface area contributed by atoms with Gasteiger partial charge in [-0.15, -0.1) is 5.10 Å². The van der Waals surface area contributed by atoms with Gasteiger partial charge in [0, 0.05) is 20.6 Å². The van der Waals surface area contributed by atoms with Crippen molar-refractivity contribution >= 4 is 11.8 Å². The highest BCUT2D eigenvalue weighted by molar-refractivity contribution is 5.77. The lowest BCUT2D eigenvalue weighted by atomic mass is 10.0. The number of carboxylic acids is 1. The van der Waals surface area contributed by atoms with Crippen molar-refractivity contribution in [3.05, 3.63) is 20.8 Å². The van der Waals surface area contributed by atoms with E-state index in [0.29, 0.717) is 13.0 Å². The topological polar surface area (TPSA) is 97.4 Å². The third-order valence-corrected chi connectivity index (χ3v) is 3.36. The third-order valence-electron chi connectivity index (χ3n) is 3.36. The number of anilines is 1. The number of aliphatic carboxylic acids is 1. The summed E-state index contributed by atoms with van der Waals surface area (Å²) in [4.78, 5) is 36.3. The van der Waals surface area contributed by atoms with Crippen LogP contribution in [0.3, 0.4) is 0 Å². The van der Waals surface area contributed by atoms with Crippen LogP contribution in [0.1, 0.15) is 19.3 Å². The predicted octanol–water partition coefficient (Wildman–Crippen LogP) is -1.08. The fraction of sp³-hybridized carbons (Fsp3) is 0.636. The van der Waals surface area contributed by atoms with Gasteiger partial charge in [0.15, 0.2) is 0 Å². The molecule has 0 saturated carbocycles. The molecule has 0 aromatic carbocycles. The van der Waals surface area contributed by atoms with Gasteiger partial charge in [0.05, 0.1) is 0 Å². The van der Waals surface area contributed by atoms with E-state index in [1.165, 1.54) is 19.0 Å². The maximum absolute atomic E-state index is 12.1. The minimum atomic E-state index is -0.975. The molecule has 1 atom stereocenters. The SMILES string of the molecule is Cn1nc(N2CCCCC2C(=O)O)c(=O)n(C)c1=O. The van der Waals surface area contributed by atoms with E-state index in [9.17, 15) is 19.5 Å². The predicted molar refractivity (Wildman–Crippen MR) is 67.3 cm³/mol. The molecule has 0 amide bonds. The van der Waals surface area contributed by atoms with Crippen LogP contribution in [-0.2, 0) is 18.9 Å². The van der Waals surface area contributed by atoms with Gasteiger partial charge in [-0.3, -0.25) is 9.36 Å². The van der Waals surface area contributed by atoms with E-state index in [1.54, 1.807) is 0 Å². The molecule has 0 radical (unpaired) electrons. The van der Waals surface area contributed by atoms with Gasteiger partial charge in [0.25, 0.3) is 5.56 Å². The number of piperidine rings is 1. The fourth-order valence-corrected chi connectivity index (χ4v) is 2.30. The van der Waals surface area contributed by atoms with Crippen molar-refractivity contribution in [1.29, 1.82) is 0 Å². The molecule has 19 heavy (non-hydrogen) atoms. The van der Waals surface area contributed by atoms with Gasteiger partial charge in [-0.1, -0.05) is 0 Å². The molecular weight excluding hydrogens is 252 g/mol. The van der Waals surface area contributed by atoms with E-state index in [4.69, 9.17) is 0 Å². The van der Waals surface area contributed by atoms with Gasteiger partial charge in [-0.2, -0.15) is 0 Å². The van der Waals surface area contributed by atoms with E-state index in [-0.39, 0.29) is 5.82 Å². The molecule has 1 saturated heterocycles. The second kappa shape index (κ2) is 4.87. The Morgan fingerprint density at radius 3 is 2.63 bits per heavy atom. The molecule has 1 aromatic heterocycles. The smallest absolute Gasteiger partial charge is 0.346 e. The third kappa shape index (κ3) is 2.25. The van der Waals surface area contributed by atoms with Crippen LogP contribution in [-0.4, -0.2) is 38.0 Å². The largest absolute Gasteiger partial charge is 0.480 e. The minimum absolute atomic E-state index is 0.0247. The van der Waals surface area contributed by atoms with Gasteiger partial charge in [0.2, 0.25) is 5.82 Å². The van der Waals surface area contributed by atoms with E-state index in [1.807, 2.05) is 0 Å². The molecule has 1 N–H and O–H groups in total. The second-order valence-corrected chi connectivity index (χ2v) is 4.64. The molecule has 1 fully saturated rings. The summed E-state index contributed by atoms with van der Waals surface area (Å²) in [5.74, 6) is -0.950. The van der Waals surface area contributed by atoms with Crippen LogP contribution in [0.5, 0.6) is 0 Å². The Kier molecular flexibility index (Phi) is 3.41. The summed E-state index contributed by atoms with van der Waals surface area (Å²) in [7, 11) is 2.79. The van der Waals surface area contributed by atoms with Crippen LogP contribution in [0.4, 0.5) is 5.82 Å². The van der Waals surface area contributed by atoms with Crippen LogP contribution < -0.4 is 16.1 Å². The molecule has 0 bridgehead atoms. The van der Waals surface area contributed by atoms with Crippen molar-refractivity contribution in [2.75, 3.05) is 11.4 Å². The lowest BCUT2D eigenvalue weighted by Crippen LogP contribution is -2.50. The maximum Gasteiger partial charge on any atom is 0.346 e. The van der Waals surface area contributed by atoms with Crippen LogP contribution >= 0.6 is 0 Å². The number of carboxylic acid groups (broad SMARTS) is 1. The molecule has 8 nitrogen and oxygen atoms in total. The number of nitrogens with zero attached hydrogens (tertiary/aromatic N) is 4. The molecule has 0 aliphatic carbocycles. The van der Waals surface area contributed by atoms with Gasteiger partial charge >= 0.3 is 11.7 Å². The molecule has 1 unspecified atom stereocenters. The molecule has 104 valence electrons. The van der Waals surface area contributed by atoms with Crippen LogP contribution in [0.2, 0.25) is 0 Å². The highest BCUT2D eigenvalue weighted by Gasteiger charge is 2.31. The molecular formula is C11H16N4O4. The van der Waals surface area contributed by atoms with Gasteiger partial charge in [-0.05, 0) is 19.3 Å². The van der Waals surface area contributed by atoms with Crippen LogP contribution in [0, 0.1) is 0 Å². The van der Waals surface area contributed by atoms with E-state index in [2.05, 4.69) is 5.10 Å². The summed E-state index contributed by atoms with van der Waals surface area (Å²) in [6.45, 7) is 0.456. The Balaban J connectivity index is 2.54. The van der Waals surface area contributed by atoms with Crippen molar-refractivity contribution in [2.45, 2.75) is 25.3 Å². The summed E-state index contributed by atoms with van der Waals surface area (Å²) in [6, 6.07) is -0.758. The molecule has 1 aromatic rings. The zero-order valence-corrected chi connectivity index (χ0v) is 10.9. The Morgan fingerprint density at radius 1 is 1.32 bits per heavy atom. The van der Waals surface area contributed by atoms with E-state index in [0.717, 1.165) is 22.1 Å². The quantitative estimate of drug-likeness (QED) is 0.733. The standard InChI is InChI=1S/C11H16N4O4/c1-13-9(16)8(12-14(2)11(13)19)15-6-4-3-5-7(15)10(17)18/h7H,3-6H2,1-2H3,(H,17,18). The average Bonchev–Trinajstić information content (AvgIpc) is 2.40. The Bertz CT molecular complexity index is 618. The highest BCUT2D eigenvalue weighted by atomic mass is 16.4. The van der Waals surface area contributed by atoms with Crippen molar-refractivity contribution in [2.24, 2.45) is 14.1 Å². The average molecular weight is 268 g/mol. The fourth-order valence-electron chi connectivity index (χ4n) is 2.30. The first-order valence-electron chi connectivity index (χ1n) is 6.07. The first kappa shape index (κ1) is 13.3. The Hall–Kier alpha value is -2.12. The monoisotopic (exact) mass is 268 g/mol. The molecule has 8 heteroatoms. The van der Waals surface area contributed by atoms with Gasteiger partial charge < -0.3 is 10.0 Å². The first-order chi connectivity index (χ1) is 8.93. The minimum Gasteiger partial charge on any atom is -0.480 e. The number of carbonyl (C=O) groups is 1. The maximum atomic E-state index is 12.1. The van der Waals surface area contributed by atoms with Crippen molar-refractivity contribution in [3.63, 3.8) is 0 Å². The number of aromatic nitrogens is 3. The molecule has 0 spiro atoms. The Morgan fingerprint density at radius 2 is 2.00 bits per heavy atom. The second-order valence-electron chi connectivity index (χ2n) is 4.64. The number of hydrogen-bond donors (Lipinski definition) is 1. The normalized spacial score (nSPS) is 19.5. The lowest BCUT2D eigenvalue weighted by molar-refractivity contribution is -0.139. The van der Waals surface area contributed by atoms with Crippen molar-refractivity contribution in [1.82, 2.24) is 14.3 Å². The zero-order valence-electron chi connectivity index (χ0n) is 10.9. The first-order valence-corrected chi connectivity index (χ1v) is 6.07. The molecule has 1 aliphatic heterocycles. The lowest BCUT2D eigenvalue weighted by Gasteiger charge is -2.33. The van der Waals surface area contributed by atoms with Crippen LogP contribution in [0.15, 0.2) is 9.59 Å². The number of rotatable bonds is 2. The zero-order chi connectivity index (χ0) is 14.2. The van der Waals surface area contributed by atoms with Gasteiger partial charge in [-0.25, -0.2) is 14.3 Å². The van der Waals surface area contributed by atoms with Crippen molar-refractivity contribution in [3.8, 4) is 0 Å². The molecule has 2 rings (SSSR count). The number of hydrogen-bond acceptors (Lipinski definition) is 5. The summed E-state index contributed by atoms with van der Waals surface area (Å²) in [5.41, 5.74) is -1.09. The number of aryl methyl sites for hydroxylation is 1.